The van der Waals surface area contributed by atoms with Crippen molar-refractivity contribution in [3.63, 3.8) is 0 Å². The number of nitrogens with zero attached hydrogens (tertiary/aromatic N) is 5. The van der Waals surface area contributed by atoms with Crippen LogP contribution in [0.2, 0.25) is 0 Å². The fraction of sp³-hybridized carbons (Fsp3) is 0.500. The van der Waals surface area contributed by atoms with Crippen molar-refractivity contribution in [2.24, 2.45) is 0 Å². The van der Waals surface area contributed by atoms with Crippen LogP contribution in [-0.2, 0) is 0 Å². The molecule has 0 bridgehead atoms. The van der Waals surface area contributed by atoms with Gasteiger partial charge in [-0.1, -0.05) is 0 Å². The van der Waals surface area contributed by atoms with E-state index in [2.05, 4.69) is 25.8 Å². The number of rotatable bonds is 4. The Kier molecular flexibility index (Phi) is 4.20. The number of anilines is 1. The number of nitriles is 1. The van der Waals surface area contributed by atoms with Crippen LogP contribution in [0.15, 0.2) is 12.4 Å². The van der Waals surface area contributed by atoms with E-state index in [0.29, 0.717) is 18.4 Å². The Labute approximate surface area is 106 Å². The highest BCUT2D eigenvalue weighted by Gasteiger charge is 2.17. The summed E-state index contributed by atoms with van der Waals surface area (Å²) in [5.41, 5.74) is 0.353. The van der Waals surface area contributed by atoms with Gasteiger partial charge in [0, 0.05) is 39.1 Å². The van der Waals surface area contributed by atoms with E-state index in [1.54, 1.807) is 6.20 Å². The summed E-state index contributed by atoms with van der Waals surface area (Å²) in [5, 5.41) is 8.54. The highest BCUT2D eigenvalue weighted by Crippen LogP contribution is 2.12. The van der Waals surface area contributed by atoms with Crippen molar-refractivity contribution in [3.05, 3.63) is 18.1 Å². The van der Waals surface area contributed by atoms with Gasteiger partial charge in [0.1, 0.15) is 11.5 Å². The van der Waals surface area contributed by atoms with Crippen LogP contribution in [0.3, 0.4) is 0 Å². The molecule has 0 aliphatic carbocycles. The van der Waals surface area contributed by atoms with E-state index in [1.165, 1.54) is 6.20 Å². The lowest BCUT2D eigenvalue weighted by atomic mass is 10.3. The maximum absolute atomic E-state index is 10.5. The van der Waals surface area contributed by atoms with Gasteiger partial charge in [-0.3, -0.25) is 9.69 Å². The lowest BCUT2D eigenvalue weighted by molar-refractivity contribution is 0.111. The SMILES string of the molecule is N#CCCN1CCN(c2cnc(C=O)cn2)CC1. The van der Waals surface area contributed by atoms with Crippen LogP contribution >= 0.6 is 0 Å². The van der Waals surface area contributed by atoms with Crippen LogP contribution in [0, 0.1) is 11.3 Å². The highest BCUT2D eigenvalue weighted by atomic mass is 16.1. The molecule has 0 saturated carbocycles. The van der Waals surface area contributed by atoms with Crippen LogP contribution in [-0.4, -0.2) is 53.9 Å². The minimum absolute atomic E-state index is 0.353. The van der Waals surface area contributed by atoms with Crippen molar-refractivity contribution in [1.82, 2.24) is 14.9 Å². The number of piperazine rings is 1. The maximum atomic E-state index is 10.5. The minimum Gasteiger partial charge on any atom is -0.353 e. The molecule has 0 N–H and O–H groups in total. The fourth-order valence-corrected chi connectivity index (χ4v) is 1.96. The van der Waals surface area contributed by atoms with Crippen LogP contribution in [0.1, 0.15) is 16.9 Å². The van der Waals surface area contributed by atoms with Gasteiger partial charge < -0.3 is 4.90 Å². The van der Waals surface area contributed by atoms with Crippen molar-refractivity contribution < 1.29 is 4.79 Å². The highest BCUT2D eigenvalue weighted by molar-refractivity contribution is 5.71. The van der Waals surface area contributed by atoms with Crippen LogP contribution in [0.4, 0.5) is 5.82 Å². The second kappa shape index (κ2) is 6.07. The Balaban J connectivity index is 1.88. The second-order valence-electron chi connectivity index (χ2n) is 4.15. The average molecular weight is 245 g/mol. The van der Waals surface area contributed by atoms with Crippen LogP contribution in [0.5, 0.6) is 0 Å². The van der Waals surface area contributed by atoms with Crippen molar-refractivity contribution >= 4 is 12.1 Å². The lowest BCUT2D eigenvalue weighted by Gasteiger charge is -2.34. The Morgan fingerprint density at radius 1 is 1.28 bits per heavy atom. The molecule has 0 spiro atoms. The van der Waals surface area contributed by atoms with E-state index >= 15 is 0 Å². The predicted octanol–water partition coefficient (Wildman–Crippen LogP) is 0.325. The first-order chi connectivity index (χ1) is 8.83. The smallest absolute Gasteiger partial charge is 0.170 e. The molecule has 94 valence electrons. The molecule has 2 rings (SSSR count). The van der Waals surface area contributed by atoms with Gasteiger partial charge >= 0.3 is 0 Å². The monoisotopic (exact) mass is 245 g/mol. The number of hydrogen-bond acceptors (Lipinski definition) is 6. The number of aldehydes is 1. The van der Waals surface area contributed by atoms with Gasteiger partial charge in [-0.2, -0.15) is 5.26 Å². The van der Waals surface area contributed by atoms with Crippen molar-refractivity contribution in [2.45, 2.75) is 6.42 Å². The molecule has 1 aromatic heterocycles. The summed E-state index contributed by atoms with van der Waals surface area (Å²) >= 11 is 0. The third-order valence-corrected chi connectivity index (χ3v) is 3.02. The number of aromatic nitrogens is 2. The second-order valence-corrected chi connectivity index (χ2v) is 4.15. The third-order valence-electron chi connectivity index (χ3n) is 3.02. The van der Waals surface area contributed by atoms with E-state index in [4.69, 9.17) is 5.26 Å². The van der Waals surface area contributed by atoms with Gasteiger partial charge in [0.15, 0.2) is 6.29 Å². The average Bonchev–Trinajstić information content (AvgIpc) is 2.46. The Morgan fingerprint density at radius 2 is 2.06 bits per heavy atom. The molecule has 18 heavy (non-hydrogen) atoms. The van der Waals surface area contributed by atoms with Crippen LogP contribution in [0.25, 0.3) is 0 Å². The van der Waals surface area contributed by atoms with Crippen molar-refractivity contribution in [1.29, 1.82) is 5.26 Å². The quantitative estimate of drug-likeness (QED) is 0.711. The molecule has 1 aromatic rings. The van der Waals surface area contributed by atoms with Gasteiger partial charge in [-0.05, 0) is 0 Å². The Hall–Kier alpha value is -2.00. The van der Waals surface area contributed by atoms with Gasteiger partial charge in [0.25, 0.3) is 0 Å². The molecule has 1 aliphatic rings. The maximum Gasteiger partial charge on any atom is 0.170 e. The molecule has 1 aliphatic heterocycles. The molecule has 1 saturated heterocycles. The van der Waals surface area contributed by atoms with Crippen molar-refractivity contribution in [2.75, 3.05) is 37.6 Å². The summed E-state index contributed by atoms with van der Waals surface area (Å²) in [6, 6.07) is 2.16. The zero-order chi connectivity index (χ0) is 12.8. The number of carbonyl (C=O) groups is 1. The lowest BCUT2D eigenvalue weighted by Crippen LogP contribution is -2.46. The largest absolute Gasteiger partial charge is 0.353 e. The summed E-state index contributed by atoms with van der Waals surface area (Å²) in [6.07, 6.45) is 4.39. The van der Waals surface area contributed by atoms with Crippen molar-refractivity contribution in [3.8, 4) is 6.07 Å². The van der Waals surface area contributed by atoms with Gasteiger partial charge in [0.05, 0.1) is 18.5 Å². The predicted molar refractivity (Wildman–Crippen MR) is 66.3 cm³/mol. The van der Waals surface area contributed by atoms with Gasteiger partial charge in [-0.15, -0.1) is 0 Å². The van der Waals surface area contributed by atoms with Crippen LogP contribution < -0.4 is 4.90 Å². The van der Waals surface area contributed by atoms with Gasteiger partial charge in [-0.25, -0.2) is 9.97 Å². The molecule has 6 nitrogen and oxygen atoms in total. The van der Waals surface area contributed by atoms with E-state index in [0.717, 1.165) is 38.5 Å². The summed E-state index contributed by atoms with van der Waals surface area (Å²) in [4.78, 5) is 23.1. The molecular formula is C12H15N5O. The third kappa shape index (κ3) is 3.02. The molecule has 2 heterocycles. The summed E-state index contributed by atoms with van der Waals surface area (Å²) in [6.45, 7) is 4.44. The standard InChI is InChI=1S/C12H15N5O/c13-2-1-3-16-4-6-17(7-5-16)12-9-14-11(10-18)8-15-12/h8-10H,1,3-7H2. The first-order valence-electron chi connectivity index (χ1n) is 5.95. The van der Waals surface area contributed by atoms with Gasteiger partial charge in [0.2, 0.25) is 0 Å². The zero-order valence-electron chi connectivity index (χ0n) is 10.1. The first-order valence-corrected chi connectivity index (χ1v) is 5.95. The molecule has 0 atom stereocenters. The molecular weight excluding hydrogens is 230 g/mol. The molecule has 0 amide bonds. The summed E-state index contributed by atoms with van der Waals surface area (Å²) in [7, 11) is 0. The van der Waals surface area contributed by atoms with E-state index < -0.39 is 0 Å². The zero-order valence-corrected chi connectivity index (χ0v) is 10.1. The normalized spacial score (nSPS) is 16.3. The fourth-order valence-electron chi connectivity index (χ4n) is 1.96. The Morgan fingerprint density at radius 3 is 2.61 bits per heavy atom. The van der Waals surface area contributed by atoms with E-state index in [-0.39, 0.29) is 0 Å². The first kappa shape index (κ1) is 12.5. The topological polar surface area (TPSA) is 73.1 Å². The summed E-state index contributed by atoms with van der Waals surface area (Å²) in [5.74, 6) is 0.806. The molecule has 0 aromatic carbocycles. The number of hydrogen-bond donors (Lipinski definition) is 0. The minimum atomic E-state index is 0.353. The Bertz CT molecular complexity index is 431. The molecule has 1 fully saturated rings. The van der Waals surface area contributed by atoms with E-state index in [9.17, 15) is 4.79 Å². The summed E-state index contributed by atoms with van der Waals surface area (Å²) < 4.78 is 0. The number of carbonyl (C=O) groups excluding carboxylic acids is 1. The molecule has 0 unspecified atom stereocenters. The van der Waals surface area contributed by atoms with E-state index in [1.807, 2.05) is 0 Å². The molecule has 6 heteroatoms. The molecule has 0 radical (unpaired) electrons.